The lowest BCUT2D eigenvalue weighted by molar-refractivity contribution is 0.332. The van der Waals surface area contributed by atoms with Crippen LogP contribution in [-0.2, 0) is 32.5 Å². The van der Waals surface area contributed by atoms with Crippen molar-refractivity contribution in [3.8, 4) is 22.3 Å². The first-order valence-corrected chi connectivity index (χ1v) is 30.0. The Morgan fingerprint density at radius 3 is 1.73 bits per heavy atom. The summed E-state index contributed by atoms with van der Waals surface area (Å²) in [6, 6.07) is 52.9. The molecule has 0 saturated heterocycles. The lowest BCUT2D eigenvalue weighted by Gasteiger charge is -2.42. The maximum absolute atomic E-state index is 7.39. The molecule has 0 fully saturated rings. The molecule has 4 heterocycles. The highest BCUT2D eigenvalue weighted by Gasteiger charge is 2.42. The number of benzene rings is 8. The third-order valence-electron chi connectivity index (χ3n) is 19.2. The summed E-state index contributed by atoms with van der Waals surface area (Å²) in [5.41, 5.74) is 23.0. The van der Waals surface area contributed by atoms with Crippen molar-refractivity contribution in [2.75, 3.05) is 10.2 Å². The zero-order valence-electron chi connectivity index (χ0n) is 49.4. The number of nitrogens with one attached hydrogen (secondary N) is 1. The maximum Gasteiger partial charge on any atom is 0.200 e. The van der Waals surface area contributed by atoms with Crippen LogP contribution in [0, 0.1) is 0 Å². The van der Waals surface area contributed by atoms with Gasteiger partial charge < -0.3 is 14.2 Å². The number of fused-ring (bicyclic) bond motifs is 13. The van der Waals surface area contributed by atoms with Crippen molar-refractivity contribution in [1.29, 1.82) is 0 Å². The van der Waals surface area contributed by atoms with E-state index in [1.165, 1.54) is 65.1 Å². The quantitative estimate of drug-likeness (QED) is 0.174. The molecule has 14 rings (SSSR count). The van der Waals surface area contributed by atoms with Gasteiger partial charge in [-0.1, -0.05) is 170 Å². The SMILES string of the molecule is CC(C)(C)c1ccc(Nc2c(-c3cc4c(oc5ccccc54)c4c3[B]c3c(sc5cc6c(cc35)C(C)(C)CCC6(C)C)N4c3ccc(C(C)(C)C)cc3-c3ccccc3)ccc3c2oc2cc4c(cc23)C(C)(C)CCC4(C)C)cc1. The van der Waals surface area contributed by atoms with E-state index in [1.807, 2.05) is 11.3 Å². The third kappa shape index (κ3) is 7.88. The van der Waals surface area contributed by atoms with Crippen LogP contribution in [-0.4, -0.2) is 7.28 Å². The van der Waals surface area contributed by atoms with E-state index in [0.29, 0.717) is 0 Å². The highest BCUT2D eigenvalue weighted by Crippen LogP contribution is 2.55. The second kappa shape index (κ2) is 17.3. The van der Waals surface area contributed by atoms with Crippen LogP contribution in [0.5, 0.6) is 0 Å². The Hall–Kier alpha value is -7.02. The summed E-state index contributed by atoms with van der Waals surface area (Å²) < 4.78 is 16.0. The van der Waals surface area contributed by atoms with Gasteiger partial charge in [-0.2, -0.15) is 0 Å². The summed E-state index contributed by atoms with van der Waals surface area (Å²) in [6.45, 7) is 33.2. The first kappa shape index (κ1) is 51.2. The van der Waals surface area contributed by atoms with Crippen LogP contribution in [0.25, 0.3) is 76.2 Å². The number of thiophene rings is 1. The first-order chi connectivity index (χ1) is 37.9. The van der Waals surface area contributed by atoms with Gasteiger partial charge in [-0.05, 0) is 186 Å². The molecule has 0 spiro atoms. The van der Waals surface area contributed by atoms with Gasteiger partial charge in [0, 0.05) is 43.1 Å². The van der Waals surface area contributed by atoms with E-state index in [2.05, 4.69) is 254 Å². The molecule has 0 bridgehead atoms. The smallest absolute Gasteiger partial charge is 0.200 e. The maximum atomic E-state index is 7.39. The standard InChI is InChI=1S/C74H74BN2O2S/c1-69(2,3)43-24-27-45(28-25-43)76-64-47(29-30-48-50-38-54-56(40-60(50)79-66(48)64)73(11,12)34-32-71(54,7)8)51-37-52-46-22-18-19-23-59(46)78-67(52)65-62(51)75-63-53-39-55-57(74(13,14)35-33-72(55,9)10)41-61(53)80-68(63)77(65)58-31-26-44(70(4,5)6)36-49(58)42-20-16-15-17-21-42/h15-31,36-41,76H,32-35H2,1-14H3. The van der Waals surface area contributed by atoms with Gasteiger partial charge in [0.1, 0.15) is 11.2 Å². The highest BCUT2D eigenvalue weighted by molar-refractivity contribution is 7.25. The molecular formula is C74H74BN2O2S. The van der Waals surface area contributed by atoms with Crippen molar-refractivity contribution in [1.82, 2.24) is 0 Å². The van der Waals surface area contributed by atoms with Gasteiger partial charge in [0.05, 0.1) is 22.1 Å². The van der Waals surface area contributed by atoms with E-state index in [4.69, 9.17) is 8.83 Å². The number of para-hydroxylation sites is 1. The molecule has 3 aliphatic rings. The summed E-state index contributed by atoms with van der Waals surface area (Å²) in [5, 5.41) is 11.0. The van der Waals surface area contributed by atoms with Crippen LogP contribution in [0.2, 0.25) is 0 Å². The first-order valence-electron chi connectivity index (χ1n) is 29.2. The Morgan fingerprint density at radius 2 is 1.06 bits per heavy atom. The number of furan rings is 2. The largest absolute Gasteiger partial charge is 0.454 e. The van der Waals surface area contributed by atoms with Crippen molar-refractivity contribution in [2.45, 2.75) is 155 Å². The van der Waals surface area contributed by atoms with Crippen LogP contribution in [0.15, 0.2) is 148 Å². The summed E-state index contributed by atoms with van der Waals surface area (Å²) in [4.78, 5) is 2.60. The minimum Gasteiger partial charge on any atom is -0.454 e. The van der Waals surface area contributed by atoms with E-state index in [1.54, 1.807) is 0 Å². The number of nitrogens with zero attached hydrogens (tertiary/aromatic N) is 1. The molecule has 1 aliphatic heterocycles. The monoisotopic (exact) mass is 1070 g/mol. The molecule has 0 saturated carbocycles. The van der Waals surface area contributed by atoms with Gasteiger partial charge >= 0.3 is 0 Å². The molecular weight excluding hydrogens is 992 g/mol. The lowest BCUT2D eigenvalue weighted by Crippen LogP contribution is -2.40. The van der Waals surface area contributed by atoms with E-state index in [0.717, 1.165) is 109 Å². The zero-order valence-corrected chi connectivity index (χ0v) is 50.2. The predicted molar refractivity (Wildman–Crippen MR) is 345 cm³/mol. The molecule has 80 heavy (non-hydrogen) atoms. The van der Waals surface area contributed by atoms with Crippen molar-refractivity contribution in [3.63, 3.8) is 0 Å². The van der Waals surface area contributed by atoms with Gasteiger partial charge in [-0.15, -0.1) is 11.3 Å². The topological polar surface area (TPSA) is 41.6 Å². The van der Waals surface area contributed by atoms with E-state index >= 15 is 0 Å². The Kier molecular flexibility index (Phi) is 11.0. The average molecular weight is 1070 g/mol. The summed E-state index contributed by atoms with van der Waals surface area (Å²) in [6.07, 6.45) is 4.59. The van der Waals surface area contributed by atoms with Gasteiger partial charge in [0.25, 0.3) is 0 Å². The fourth-order valence-electron chi connectivity index (χ4n) is 13.9. The molecule has 4 nitrogen and oxygen atoms in total. The third-order valence-corrected chi connectivity index (χ3v) is 20.3. The molecule has 8 aromatic carbocycles. The molecule has 2 aliphatic carbocycles. The van der Waals surface area contributed by atoms with E-state index in [9.17, 15) is 0 Å². The molecule has 11 aromatic rings. The molecule has 0 amide bonds. The number of rotatable bonds is 5. The van der Waals surface area contributed by atoms with Crippen LogP contribution >= 0.6 is 11.3 Å². The summed E-state index contributed by atoms with van der Waals surface area (Å²) >= 11 is 1.92. The fourth-order valence-corrected chi connectivity index (χ4v) is 15.1. The van der Waals surface area contributed by atoms with Gasteiger partial charge in [0.2, 0.25) is 0 Å². The highest BCUT2D eigenvalue weighted by atomic mass is 32.1. The van der Waals surface area contributed by atoms with Gasteiger partial charge in [-0.25, -0.2) is 0 Å². The molecule has 0 atom stereocenters. The Balaban J connectivity index is 1.11. The van der Waals surface area contributed by atoms with Crippen LogP contribution in [0.1, 0.15) is 156 Å². The minimum absolute atomic E-state index is 0.00996. The van der Waals surface area contributed by atoms with Gasteiger partial charge in [0.15, 0.2) is 18.4 Å². The van der Waals surface area contributed by atoms with Crippen molar-refractivity contribution in [3.05, 3.63) is 173 Å². The Labute approximate surface area is 477 Å². The number of anilines is 5. The average Bonchev–Trinajstić information content (AvgIpc) is 4.26. The second-order valence-electron chi connectivity index (χ2n) is 28.6. The molecule has 6 heteroatoms. The second-order valence-corrected chi connectivity index (χ2v) is 29.6. The van der Waals surface area contributed by atoms with E-state index in [-0.39, 0.29) is 32.5 Å². The summed E-state index contributed by atoms with van der Waals surface area (Å²) in [5.74, 6) is 0. The normalized spacial score (nSPS) is 17.1. The Morgan fingerprint density at radius 1 is 0.475 bits per heavy atom. The van der Waals surface area contributed by atoms with Crippen LogP contribution in [0.3, 0.4) is 0 Å². The Bertz CT molecular complexity index is 4380. The zero-order chi connectivity index (χ0) is 55.8. The van der Waals surface area contributed by atoms with E-state index < -0.39 is 0 Å². The fraction of sp³-hybridized carbons (Fsp3) is 0.324. The molecule has 3 aromatic heterocycles. The van der Waals surface area contributed by atoms with Crippen LogP contribution < -0.4 is 21.1 Å². The molecule has 0 unspecified atom stereocenters. The van der Waals surface area contributed by atoms with Crippen LogP contribution in [0.4, 0.5) is 27.8 Å². The lowest BCUT2D eigenvalue weighted by atomic mass is 9.57. The summed E-state index contributed by atoms with van der Waals surface area (Å²) in [7, 11) is 2.52. The van der Waals surface area contributed by atoms with Gasteiger partial charge in [-0.3, -0.25) is 4.90 Å². The molecule has 1 N–H and O–H groups in total. The van der Waals surface area contributed by atoms with Crippen molar-refractivity contribution < 1.29 is 8.83 Å². The molecule has 1 radical (unpaired) electrons. The predicted octanol–water partition coefficient (Wildman–Crippen LogP) is 20.5. The number of hydrogen-bond acceptors (Lipinski definition) is 5. The minimum atomic E-state index is -0.0756. The van der Waals surface area contributed by atoms with Crippen molar-refractivity contribution >= 4 is 111 Å². The number of hydrogen-bond donors (Lipinski definition) is 1. The van der Waals surface area contributed by atoms with Crippen molar-refractivity contribution in [2.24, 2.45) is 0 Å². The molecule has 401 valence electrons.